The Hall–Kier alpha value is -1.42. The van der Waals surface area contributed by atoms with Gasteiger partial charge in [-0.25, -0.2) is 4.79 Å². The quantitative estimate of drug-likeness (QED) is 0.498. The molecule has 2 rings (SSSR count). The van der Waals surface area contributed by atoms with Crippen LogP contribution in [0.1, 0.15) is 34.3 Å². The normalized spacial score (nSPS) is 14.4. The van der Waals surface area contributed by atoms with Crippen molar-refractivity contribution < 1.29 is 13.7 Å². The number of esters is 1. The summed E-state index contributed by atoms with van der Waals surface area (Å²) in [5.41, 5.74) is 2.68. The molecular formula is C13H14O3S. The maximum Gasteiger partial charge on any atom is 0.337 e. The number of hydrogen-bond donors (Lipinski definition) is 1. The largest absolute Gasteiger partial charge is 0.465 e. The van der Waals surface area contributed by atoms with E-state index < -0.39 is 0 Å². The molecule has 0 amide bonds. The lowest BCUT2D eigenvalue weighted by molar-refractivity contribution is 0.0600. The van der Waals surface area contributed by atoms with Crippen molar-refractivity contribution in [2.75, 3.05) is 7.11 Å². The van der Waals surface area contributed by atoms with Gasteiger partial charge in [-0.2, -0.15) is 0 Å². The Bertz CT molecular complexity index is 466. The van der Waals surface area contributed by atoms with Gasteiger partial charge in [-0.3, -0.25) is 0 Å². The Balaban J connectivity index is 2.43. The first-order valence-corrected chi connectivity index (χ1v) is 5.86. The molecule has 1 aromatic carbocycles. The molecule has 4 heteroatoms. The van der Waals surface area contributed by atoms with Crippen molar-refractivity contribution in [1.82, 2.24) is 0 Å². The molecule has 1 aliphatic rings. The number of methoxy groups -OCH3 is 1. The molecule has 0 radical (unpaired) electrons. The van der Waals surface area contributed by atoms with Crippen LogP contribution in [0.4, 0.5) is 0 Å². The topological polar surface area (TPSA) is 35.5 Å². The fourth-order valence-electron chi connectivity index (χ4n) is 2.01. The predicted octanol–water partition coefficient (Wildman–Crippen LogP) is 3.01. The second kappa shape index (κ2) is 5.27. The van der Waals surface area contributed by atoms with E-state index in [9.17, 15) is 4.79 Å². The molecule has 17 heavy (non-hydrogen) atoms. The Labute approximate surface area is 106 Å². The number of benzene rings is 1. The summed E-state index contributed by atoms with van der Waals surface area (Å²) in [5.74, 6) is 0.451. The zero-order valence-electron chi connectivity index (χ0n) is 9.60. The van der Waals surface area contributed by atoms with Crippen molar-refractivity contribution in [1.29, 1.82) is 0 Å². The number of allylic oxidation sites excluding steroid dienone is 1. The molecule has 0 saturated heterocycles. The van der Waals surface area contributed by atoms with Gasteiger partial charge in [0.1, 0.15) is 5.76 Å². The maximum absolute atomic E-state index is 11.5. The molecule has 0 aliphatic heterocycles. The predicted molar refractivity (Wildman–Crippen MR) is 68.8 cm³/mol. The summed E-state index contributed by atoms with van der Waals surface area (Å²) in [6, 6.07) is 5.50. The number of hydrogen-bond acceptors (Lipinski definition) is 4. The van der Waals surface area contributed by atoms with E-state index in [0.717, 1.165) is 36.1 Å². The number of rotatable bonds is 2. The first-order valence-electron chi connectivity index (χ1n) is 5.49. The lowest BCUT2D eigenvalue weighted by Gasteiger charge is -2.10. The number of carbonyl (C=O) groups excluding carboxylic acids is 1. The third-order valence-corrected chi connectivity index (χ3v) is 3.07. The van der Waals surface area contributed by atoms with Gasteiger partial charge in [0.2, 0.25) is 0 Å². The number of carbonyl (C=O) groups is 1. The summed E-state index contributed by atoms with van der Waals surface area (Å²) in [7, 11) is 1.39. The highest BCUT2D eigenvalue weighted by atomic mass is 32.1. The van der Waals surface area contributed by atoms with Crippen LogP contribution in [0.15, 0.2) is 24.3 Å². The minimum absolute atomic E-state index is 0.311. The van der Waals surface area contributed by atoms with Crippen molar-refractivity contribution in [2.45, 2.75) is 19.3 Å². The van der Waals surface area contributed by atoms with Crippen LogP contribution in [-0.4, -0.2) is 13.1 Å². The van der Waals surface area contributed by atoms with Crippen LogP contribution < -0.4 is 0 Å². The summed E-state index contributed by atoms with van der Waals surface area (Å²) < 4.78 is 9.78. The minimum Gasteiger partial charge on any atom is -0.465 e. The van der Waals surface area contributed by atoms with Gasteiger partial charge >= 0.3 is 5.97 Å². The Morgan fingerprint density at radius 3 is 2.94 bits per heavy atom. The molecule has 0 unspecified atom stereocenters. The highest BCUT2D eigenvalue weighted by Gasteiger charge is 2.15. The van der Waals surface area contributed by atoms with Crippen LogP contribution in [0.5, 0.6) is 0 Å². The van der Waals surface area contributed by atoms with Crippen LogP contribution >= 0.6 is 12.9 Å². The van der Waals surface area contributed by atoms with Crippen LogP contribution in [-0.2, 0) is 15.3 Å². The van der Waals surface area contributed by atoms with Crippen molar-refractivity contribution >= 4 is 24.6 Å². The van der Waals surface area contributed by atoms with Crippen molar-refractivity contribution in [3.05, 3.63) is 41.0 Å². The SMILES string of the molecule is COC(=O)c1ccc2c(c1)CCCC=C2OS. The van der Waals surface area contributed by atoms with E-state index in [-0.39, 0.29) is 5.97 Å². The number of fused-ring (bicyclic) bond motifs is 1. The maximum atomic E-state index is 11.5. The molecule has 1 aromatic rings. The average Bonchev–Trinajstić information content (AvgIpc) is 2.58. The van der Waals surface area contributed by atoms with E-state index in [4.69, 9.17) is 8.92 Å². The zero-order chi connectivity index (χ0) is 12.3. The molecule has 0 spiro atoms. The van der Waals surface area contributed by atoms with Gasteiger partial charge in [-0.05, 0) is 43.0 Å². The molecule has 0 saturated carbocycles. The minimum atomic E-state index is -0.311. The number of ether oxygens (including phenoxy) is 1. The van der Waals surface area contributed by atoms with Gasteiger partial charge in [0.15, 0.2) is 0 Å². The van der Waals surface area contributed by atoms with E-state index in [1.165, 1.54) is 7.11 Å². The summed E-state index contributed by atoms with van der Waals surface area (Å²) in [5, 5.41) is 0. The van der Waals surface area contributed by atoms with Crippen LogP contribution in [0.25, 0.3) is 5.76 Å². The fourth-order valence-corrected chi connectivity index (χ4v) is 2.18. The second-order valence-corrected chi connectivity index (χ2v) is 4.10. The molecule has 0 fully saturated rings. The van der Waals surface area contributed by atoms with E-state index in [1.807, 2.05) is 18.2 Å². The van der Waals surface area contributed by atoms with Crippen molar-refractivity contribution in [3.8, 4) is 0 Å². The number of thiol groups is 1. The molecule has 0 heterocycles. The molecule has 1 aliphatic carbocycles. The van der Waals surface area contributed by atoms with Crippen LogP contribution in [0.2, 0.25) is 0 Å². The summed E-state index contributed by atoms with van der Waals surface area (Å²) >= 11 is 3.86. The van der Waals surface area contributed by atoms with E-state index >= 15 is 0 Å². The third-order valence-electron chi connectivity index (χ3n) is 2.87. The molecular weight excluding hydrogens is 236 g/mol. The fraction of sp³-hybridized carbons (Fsp3) is 0.308. The van der Waals surface area contributed by atoms with Crippen molar-refractivity contribution in [3.63, 3.8) is 0 Å². The van der Waals surface area contributed by atoms with E-state index in [0.29, 0.717) is 5.56 Å². The summed E-state index contributed by atoms with van der Waals surface area (Å²) in [6.07, 6.45) is 4.95. The molecule has 3 nitrogen and oxygen atoms in total. The van der Waals surface area contributed by atoms with Gasteiger partial charge in [-0.15, -0.1) is 0 Å². The molecule has 0 N–H and O–H groups in total. The van der Waals surface area contributed by atoms with Gasteiger partial charge in [0.25, 0.3) is 0 Å². The Kier molecular flexibility index (Phi) is 3.74. The van der Waals surface area contributed by atoms with Crippen LogP contribution in [0, 0.1) is 0 Å². The average molecular weight is 250 g/mol. The lowest BCUT2D eigenvalue weighted by Crippen LogP contribution is -2.03. The third kappa shape index (κ3) is 2.47. The second-order valence-electron chi connectivity index (χ2n) is 3.92. The number of aryl methyl sites for hydroxylation is 1. The Morgan fingerprint density at radius 1 is 1.41 bits per heavy atom. The summed E-state index contributed by atoms with van der Waals surface area (Å²) in [4.78, 5) is 11.5. The first kappa shape index (κ1) is 12.0. The molecule has 0 aromatic heterocycles. The molecule has 90 valence electrons. The van der Waals surface area contributed by atoms with Gasteiger partial charge in [0, 0.05) is 18.5 Å². The zero-order valence-corrected chi connectivity index (χ0v) is 10.5. The highest BCUT2D eigenvalue weighted by Crippen LogP contribution is 2.28. The van der Waals surface area contributed by atoms with E-state index in [2.05, 4.69) is 12.9 Å². The summed E-state index contributed by atoms with van der Waals surface area (Å²) in [6.45, 7) is 0. The molecule has 0 bridgehead atoms. The Morgan fingerprint density at radius 2 is 2.24 bits per heavy atom. The van der Waals surface area contributed by atoms with E-state index in [1.54, 1.807) is 6.07 Å². The van der Waals surface area contributed by atoms with Crippen LogP contribution in [0.3, 0.4) is 0 Å². The first-order chi connectivity index (χ1) is 8.26. The highest BCUT2D eigenvalue weighted by molar-refractivity contribution is 7.75. The van der Waals surface area contributed by atoms with Gasteiger partial charge in [0.05, 0.1) is 12.7 Å². The monoisotopic (exact) mass is 250 g/mol. The smallest absolute Gasteiger partial charge is 0.337 e. The van der Waals surface area contributed by atoms with Gasteiger partial charge < -0.3 is 8.92 Å². The molecule has 0 atom stereocenters. The standard InChI is InChI=1S/C13H14O3S/c1-15-13(14)10-6-7-11-9(8-10)4-2-3-5-12(11)16-17/h5-8,17H,2-4H2,1H3. The van der Waals surface area contributed by atoms with Crippen molar-refractivity contribution in [2.24, 2.45) is 0 Å². The lowest BCUT2D eigenvalue weighted by atomic mass is 10.0. The van der Waals surface area contributed by atoms with Gasteiger partial charge in [-0.1, -0.05) is 6.07 Å².